The number of rotatable bonds is 5. The second kappa shape index (κ2) is 9.88. The molecule has 2 aliphatic rings. The third kappa shape index (κ3) is 4.48. The van der Waals surface area contributed by atoms with Gasteiger partial charge < -0.3 is 25.4 Å². The molecule has 0 spiro atoms. The summed E-state index contributed by atoms with van der Waals surface area (Å²) in [6, 6.07) is 14.5. The molecule has 1 fully saturated rings. The summed E-state index contributed by atoms with van der Waals surface area (Å²) in [4.78, 5) is 32.6. The van der Waals surface area contributed by atoms with E-state index in [1.165, 1.54) is 18.3 Å². The van der Waals surface area contributed by atoms with Crippen molar-refractivity contribution in [3.63, 3.8) is 0 Å². The molecule has 38 heavy (non-hydrogen) atoms. The Balaban J connectivity index is 1.19. The number of carbonyl (C=O) groups excluding carboxylic acids is 2. The summed E-state index contributed by atoms with van der Waals surface area (Å²) in [5.74, 6) is -1.72. The van der Waals surface area contributed by atoms with E-state index in [0.29, 0.717) is 25.3 Å². The van der Waals surface area contributed by atoms with Crippen LogP contribution in [0.2, 0.25) is 0 Å². The average Bonchev–Trinajstić information content (AvgIpc) is 3.50. The largest absolute Gasteiger partial charge is 0.390 e. The van der Waals surface area contributed by atoms with E-state index < -0.39 is 29.8 Å². The Bertz CT molecular complexity index is 1530. The summed E-state index contributed by atoms with van der Waals surface area (Å²) in [6.45, 7) is 2.87. The highest BCUT2D eigenvalue weighted by atomic mass is 19.1. The minimum Gasteiger partial charge on any atom is -0.390 e. The Hall–Kier alpha value is -4.28. The van der Waals surface area contributed by atoms with Gasteiger partial charge in [0.2, 0.25) is 0 Å². The lowest BCUT2D eigenvalue weighted by atomic mass is 10.1. The van der Waals surface area contributed by atoms with E-state index in [1.807, 2.05) is 36.4 Å². The van der Waals surface area contributed by atoms with E-state index in [9.17, 15) is 19.1 Å². The number of imidazole rings is 1. The number of aromatic nitrogens is 2. The highest BCUT2D eigenvalue weighted by molar-refractivity contribution is 6.04. The zero-order valence-electron chi connectivity index (χ0n) is 20.4. The number of aliphatic hydroxyl groups excluding tert-OH is 1. The number of morpholine rings is 1. The maximum absolute atomic E-state index is 14.6. The van der Waals surface area contributed by atoms with Crippen LogP contribution < -0.4 is 15.5 Å². The molecular weight excluding hydrogens is 489 g/mol. The van der Waals surface area contributed by atoms with Crippen LogP contribution in [0.1, 0.15) is 38.0 Å². The number of halogens is 1. The fraction of sp³-hybridized carbons (Fsp3) is 0.250. The Morgan fingerprint density at radius 3 is 2.71 bits per heavy atom. The van der Waals surface area contributed by atoms with Crippen molar-refractivity contribution >= 4 is 28.8 Å². The Kier molecular flexibility index (Phi) is 6.26. The maximum atomic E-state index is 14.6. The molecular formula is C28H26FN5O4. The van der Waals surface area contributed by atoms with Gasteiger partial charge in [-0.3, -0.25) is 14.0 Å². The lowest BCUT2D eigenvalue weighted by molar-refractivity contribution is 0.0857. The number of anilines is 2. The fourth-order valence-corrected chi connectivity index (χ4v) is 5.08. The predicted molar refractivity (Wildman–Crippen MR) is 139 cm³/mol. The van der Waals surface area contributed by atoms with Gasteiger partial charge in [0.05, 0.1) is 37.2 Å². The SMILES string of the molecule is O=C(N[C@H]1c2ccccc2C[C@H]1O)c1ccc(F)c(NC(=O)c2cnc3cc(N4CCOCC4)ccn23)c1. The van der Waals surface area contributed by atoms with Gasteiger partial charge in [0.15, 0.2) is 0 Å². The number of carbonyl (C=O) groups is 2. The van der Waals surface area contributed by atoms with Crippen molar-refractivity contribution in [1.82, 2.24) is 14.7 Å². The normalized spacial score (nSPS) is 18.8. The zero-order valence-corrected chi connectivity index (χ0v) is 20.4. The molecule has 2 atom stereocenters. The van der Waals surface area contributed by atoms with Gasteiger partial charge in [-0.1, -0.05) is 24.3 Å². The van der Waals surface area contributed by atoms with E-state index in [1.54, 1.807) is 10.6 Å². The number of benzene rings is 2. The number of nitrogens with one attached hydrogen (secondary N) is 2. The molecule has 10 heteroatoms. The topological polar surface area (TPSA) is 108 Å². The van der Waals surface area contributed by atoms with Crippen molar-refractivity contribution < 1.29 is 23.8 Å². The summed E-state index contributed by atoms with van der Waals surface area (Å²) in [5.41, 5.74) is 3.66. The lowest BCUT2D eigenvalue weighted by Crippen LogP contribution is -2.36. The molecule has 4 aromatic rings. The number of nitrogens with zero attached hydrogens (tertiary/aromatic N) is 3. The number of amides is 2. The number of aliphatic hydroxyl groups is 1. The predicted octanol–water partition coefficient (Wildman–Crippen LogP) is 2.95. The molecule has 1 aliphatic heterocycles. The first-order valence-corrected chi connectivity index (χ1v) is 12.5. The first-order chi connectivity index (χ1) is 18.5. The van der Waals surface area contributed by atoms with Crippen LogP contribution in [0.5, 0.6) is 0 Å². The molecule has 2 aromatic carbocycles. The first-order valence-electron chi connectivity index (χ1n) is 12.5. The van der Waals surface area contributed by atoms with Crippen LogP contribution in [0, 0.1) is 5.82 Å². The minimum atomic E-state index is -0.755. The monoisotopic (exact) mass is 515 g/mol. The number of pyridine rings is 1. The molecule has 0 bridgehead atoms. The highest BCUT2D eigenvalue weighted by Gasteiger charge is 2.32. The van der Waals surface area contributed by atoms with Crippen molar-refractivity contribution in [3.8, 4) is 0 Å². The molecule has 1 aliphatic carbocycles. The fourth-order valence-electron chi connectivity index (χ4n) is 5.08. The van der Waals surface area contributed by atoms with E-state index in [4.69, 9.17) is 4.74 Å². The van der Waals surface area contributed by atoms with Gasteiger partial charge in [-0.05, 0) is 35.4 Å². The Labute approximate surface area is 217 Å². The molecule has 0 unspecified atom stereocenters. The van der Waals surface area contributed by atoms with Gasteiger partial charge in [0.25, 0.3) is 11.8 Å². The first kappa shape index (κ1) is 24.1. The van der Waals surface area contributed by atoms with Crippen LogP contribution in [0.25, 0.3) is 5.65 Å². The van der Waals surface area contributed by atoms with Gasteiger partial charge in [0, 0.05) is 43.0 Å². The maximum Gasteiger partial charge on any atom is 0.274 e. The van der Waals surface area contributed by atoms with Gasteiger partial charge in [0.1, 0.15) is 17.2 Å². The van der Waals surface area contributed by atoms with Crippen LogP contribution in [-0.2, 0) is 11.2 Å². The summed E-state index contributed by atoms with van der Waals surface area (Å²) >= 11 is 0. The summed E-state index contributed by atoms with van der Waals surface area (Å²) < 4.78 is 21.7. The number of fused-ring (bicyclic) bond motifs is 2. The molecule has 0 radical (unpaired) electrons. The molecule has 2 amide bonds. The van der Waals surface area contributed by atoms with E-state index in [0.717, 1.165) is 36.0 Å². The van der Waals surface area contributed by atoms with Gasteiger partial charge in [-0.15, -0.1) is 0 Å². The smallest absolute Gasteiger partial charge is 0.274 e. The third-order valence-electron chi connectivity index (χ3n) is 7.07. The summed E-state index contributed by atoms with van der Waals surface area (Å²) in [5, 5.41) is 15.9. The van der Waals surface area contributed by atoms with Gasteiger partial charge >= 0.3 is 0 Å². The molecule has 2 aromatic heterocycles. The van der Waals surface area contributed by atoms with E-state index in [-0.39, 0.29) is 16.9 Å². The van der Waals surface area contributed by atoms with Gasteiger partial charge in [-0.2, -0.15) is 0 Å². The Morgan fingerprint density at radius 2 is 1.87 bits per heavy atom. The average molecular weight is 516 g/mol. The second-order valence-corrected chi connectivity index (χ2v) is 9.43. The highest BCUT2D eigenvalue weighted by Crippen LogP contribution is 2.31. The van der Waals surface area contributed by atoms with Crippen LogP contribution in [0.4, 0.5) is 15.8 Å². The molecule has 1 saturated heterocycles. The quantitative estimate of drug-likeness (QED) is 0.377. The zero-order chi connectivity index (χ0) is 26.2. The summed E-state index contributed by atoms with van der Waals surface area (Å²) in [7, 11) is 0. The van der Waals surface area contributed by atoms with E-state index in [2.05, 4.69) is 20.5 Å². The lowest BCUT2D eigenvalue weighted by Gasteiger charge is -2.28. The van der Waals surface area contributed by atoms with Crippen molar-refractivity contribution in [2.24, 2.45) is 0 Å². The second-order valence-electron chi connectivity index (χ2n) is 9.43. The van der Waals surface area contributed by atoms with Crippen molar-refractivity contribution in [2.45, 2.75) is 18.6 Å². The van der Waals surface area contributed by atoms with Crippen molar-refractivity contribution in [3.05, 3.63) is 95.2 Å². The number of ether oxygens (including phenoxy) is 1. The number of hydrogen-bond acceptors (Lipinski definition) is 6. The Morgan fingerprint density at radius 1 is 1.05 bits per heavy atom. The molecule has 0 saturated carbocycles. The molecule has 194 valence electrons. The van der Waals surface area contributed by atoms with Gasteiger partial charge in [-0.25, -0.2) is 9.37 Å². The number of hydrogen-bond donors (Lipinski definition) is 3. The third-order valence-corrected chi connectivity index (χ3v) is 7.07. The molecule has 3 heterocycles. The van der Waals surface area contributed by atoms with E-state index >= 15 is 0 Å². The van der Waals surface area contributed by atoms with Crippen LogP contribution in [0.3, 0.4) is 0 Å². The molecule has 9 nitrogen and oxygen atoms in total. The summed E-state index contributed by atoms with van der Waals surface area (Å²) in [6.07, 6.45) is 2.88. The van der Waals surface area contributed by atoms with Crippen LogP contribution in [0.15, 0.2) is 67.0 Å². The molecule has 6 rings (SSSR count). The van der Waals surface area contributed by atoms with Crippen molar-refractivity contribution in [2.75, 3.05) is 36.5 Å². The van der Waals surface area contributed by atoms with Crippen LogP contribution >= 0.6 is 0 Å². The minimum absolute atomic E-state index is 0.130. The standard InChI is InChI=1S/C28H26FN5O4/c29-21-6-5-18(27(36)32-26-20-4-2-1-3-17(20)14-24(26)35)13-22(21)31-28(37)23-16-30-25-15-19(7-8-34(23)25)33-9-11-38-12-10-33/h1-8,13,15-16,24,26,35H,9-12,14H2,(H,31,37)(H,32,36)/t24-,26+/m1/s1. The van der Waals surface area contributed by atoms with Crippen LogP contribution in [-0.4, -0.2) is 58.7 Å². The molecule has 3 N–H and O–H groups in total. The van der Waals surface area contributed by atoms with Crippen molar-refractivity contribution in [1.29, 1.82) is 0 Å².